The van der Waals surface area contributed by atoms with Crippen molar-refractivity contribution in [3.05, 3.63) is 47.0 Å². The molecule has 8 nitrogen and oxygen atoms in total. The number of halogens is 1. The second-order valence-electron chi connectivity index (χ2n) is 5.91. The van der Waals surface area contributed by atoms with Crippen LogP contribution in [0.5, 0.6) is 11.5 Å². The van der Waals surface area contributed by atoms with E-state index in [1.54, 1.807) is 18.2 Å². The summed E-state index contributed by atoms with van der Waals surface area (Å²) in [6, 6.07) is 8.87. The molecule has 2 aromatic carbocycles. The van der Waals surface area contributed by atoms with Gasteiger partial charge in [0.1, 0.15) is 11.5 Å². The van der Waals surface area contributed by atoms with E-state index in [1.165, 1.54) is 32.4 Å². The lowest BCUT2D eigenvalue weighted by atomic mass is 10.1. The van der Waals surface area contributed by atoms with Gasteiger partial charge in [-0.3, -0.25) is 9.59 Å². The van der Waals surface area contributed by atoms with Crippen molar-refractivity contribution in [2.24, 2.45) is 0 Å². The molecular formula is C18H17ClN2O6S. The molecule has 148 valence electrons. The van der Waals surface area contributed by atoms with Crippen LogP contribution in [0.1, 0.15) is 16.8 Å². The minimum atomic E-state index is -3.75. The van der Waals surface area contributed by atoms with Gasteiger partial charge in [-0.25, -0.2) is 12.7 Å². The van der Waals surface area contributed by atoms with Gasteiger partial charge < -0.3 is 14.8 Å². The molecule has 1 N–H and O–H groups in total. The van der Waals surface area contributed by atoms with Crippen molar-refractivity contribution in [1.29, 1.82) is 0 Å². The summed E-state index contributed by atoms with van der Waals surface area (Å²) in [4.78, 5) is 24.7. The molecule has 3 rings (SSSR count). The first-order chi connectivity index (χ1) is 13.3. The number of sulfonamides is 1. The van der Waals surface area contributed by atoms with Crippen molar-refractivity contribution in [3.8, 4) is 11.5 Å². The maximum Gasteiger partial charge on any atom is 0.257 e. The molecule has 2 aromatic rings. The average Bonchev–Trinajstić information content (AvgIpc) is 2.95. The Morgan fingerprint density at radius 2 is 1.89 bits per heavy atom. The smallest absolute Gasteiger partial charge is 0.257 e. The normalized spacial score (nSPS) is 15.4. The third-order valence-electron chi connectivity index (χ3n) is 4.16. The van der Waals surface area contributed by atoms with Gasteiger partial charge in [-0.15, -0.1) is 0 Å². The monoisotopic (exact) mass is 424 g/mol. The van der Waals surface area contributed by atoms with E-state index in [9.17, 15) is 18.0 Å². The zero-order valence-corrected chi connectivity index (χ0v) is 16.6. The fourth-order valence-electron chi connectivity index (χ4n) is 2.77. The number of anilines is 2. The van der Waals surface area contributed by atoms with E-state index in [0.29, 0.717) is 21.5 Å². The zero-order chi connectivity index (χ0) is 20.5. The van der Waals surface area contributed by atoms with Gasteiger partial charge in [0.2, 0.25) is 15.9 Å². The van der Waals surface area contributed by atoms with Gasteiger partial charge >= 0.3 is 0 Å². The van der Waals surface area contributed by atoms with Gasteiger partial charge in [-0.2, -0.15) is 0 Å². The van der Waals surface area contributed by atoms with Crippen LogP contribution in [0.25, 0.3) is 0 Å². The molecule has 10 heteroatoms. The minimum Gasteiger partial charge on any atom is -0.497 e. The molecule has 1 aliphatic rings. The number of carbonyl (C=O) groups is 2. The van der Waals surface area contributed by atoms with Crippen molar-refractivity contribution in [1.82, 2.24) is 0 Å². The molecule has 0 aliphatic carbocycles. The maximum absolute atomic E-state index is 12.7. The standard InChI is InChI=1S/C18H17ClN2O6S/c1-26-12-4-6-15(16(10-12)27-2)20-18(23)13-9-11(3-5-14(13)19)21-17(22)7-8-28(21,24)25/h3-6,9-10H,7-8H2,1-2H3,(H,20,23). The van der Waals surface area contributed by atoms with Crippen molar-refractivity contribution in [2.45, 2.75) is 6.42 Å². The number of nitrogens with zero attached hydrogens (tertiary/aromatic N) is 1. The molecule has 0 atom stereocenters. The largest absolute Gasteiger partial charge is 0.497 e. The summed E-state index contributed by atoms with van der Waals surface area (Å²) in [6.45, 7) is 0. The highest BCUT2D eigenvalue weighted by Gasteiger charge is 2.36. The molecule has 1 fully saturated rings. The summed E-state index contributed by atoms with van der Waals surface area (Å²) >= 11 is 6.13. The van der Waals surface area contributed by atoms with Crippen molar-refractivity contribution in [3.63, 3.8) is 0 Å². The Hall–Kier alpha value is -2.78. The Balaban J connectivity index is 1.94. The quantitative estimate of drug-likeness (QED) is 0.791. The van der Waals surface area contributed by atoms with Crippen LogP contribution in [0.15, 0.2) is 36.4 Å². The van der Waals surface area contributed by atoms with E-state index in [2.05, 4.69) is 5.32 Å². The van der Waals surface area contributed by atoms with Crippen LogP contribution in [-0.2, 0) is 14.8 Å². The van der Waals surface area contributed by atoms with E-state index in [4.69, 9.17) is 21.1 Å². The lowest BCUT2D eigenvalue weighted by Gasteiger charge is -2.17. The van der Waals surface area contributed by atoms with Crippen molar-refractivity contribution in [2.75, 3.05) is 29.6 Å². The molecule has 1 aliphatic heterocycles. The Morgan fingerprint density at radius 3 is 2.50 bits per heavy atom. The van der Waals surface area contributed by atoms with Gasteiger partial charge in [0, 0.05) is 12.5 Å². The highest BCUT2D eigenvalue weighted by Crippen LogP contribution is 2.32. The van der Waals surface area contributed by atoms with Crippen LogP contribution in [-0.4, -0.2) is 40.2 Å². The Kier molecular flexibility index (Phi) is 5.48. The molecule has 0 radical (unpaired) electrons. The van der Waals surface area contributed by atoms with Gasteiger partial charge in [-0.1, -0.05) is 11.6 Å². The lowest BCUT2D eigenvalue weighted by molar-refractivity contribution is -0.116. The number of hydrogen-bond acceptors (Lipinski definition) is 6. The third-order valence-corrected chi connectivity index (χ3v) is 6.18. The predicted octanol–water partition coefficient (Wildman–Crippen LogP) is 2.68. The van der Waals surface area contributed by atoms with Crippen LogP contribution >= 0.6 is 11.6 Å². The first-order valence-electron chi connectivity index (χ1n) is 8.15. The maximum atomic E-state index is 12.7. The molecule has 28 heavy (non-hydrogen) atoms. The third kappa shape index (κ3) is 3.76. The van der Waals surface area contributed by atoms with Crippen LogP contribution < -0.4 is 19.1 Å². The highest BCUT2D eigenvalue weighted by atomic mass is 35.5. The second kappa shape index (κ2) is 7.69. The van der Waals surface area contributed by atoms with E-state index in [1.807, 2.05) is 0 Å². The molecule has 1 heterocycles. The Morgan fingerprint density at radius 1 is 1.14 bits per heavy atom. The van der Waals surface area contributed by atoms with Gasteiger partial charge in [0.25, 0.3) is 5.91 Å². The van der Waals surface area contributed by atoms with Crippen LogP contribution in [0.3, 0.4) is 0 Å². The van der Waals surface area contributed by atoms with Gasteiger partial charge in [0.15, 0.2) is 0 Å². The molecular weight excluding hydrogens is 408 g/mol. The Bertz CT molecular complexity index is 1050. The van der Waals surface area contributed by atoms with Crippen LogP contribution in [0.2, 0.25) is 5.02 Å². The van der Waals surface area contributed by atoms with E-state index in [0.717, 1.165) is 0 Å². The zero-order valence-electron chi connectivity index (χ0n) is 15.1. The number of amides is 2. The topological polar surface area (TPSA) is 102 Å². The molecule has 1 saturated heterocycles. The summed E-state index contributed by atoms with van der Waals surface area (Å²) in [5, 5.41) is 2.77. The number of methoxy groups -OCH3 is 2. The summed E-state index contributed by atoms with van der Waals surface area (Å²) in [5.41, 5.74) is 0.463. The summed E-state index contributed by atoms with van der Waals surface area (Å²) in [6.07, 6.45) is -0.102. The first kappa shape index (κ1) is 20.0. The van der Waals surface area contributed by atoms with Crippen molar-refractivity contribution >= 4 is 44.8 Å². The van der Waals surface area contributed by atoms with E-state index >= 15 is 0 Å². The molecule has 2 amide bonds. The van der Waals surface area contributed by atoms with Gasteiger partial charge in [0.05, 0.1) is 41.9 Å². The molecule has 0 saturated carbocycles. The number of ether oxygens (including phenoxy) is 2. The molecule has 0 unspecified atom stereocenters. The van der Waals surface area contributed by atoms with E-state index in [-0.39, 0.29) is 28.4 Å². The summed E-state index contributed by atoms with van der Waals surface area (Å²) < 4.78 is 35.3. The number of benzene rings is 2. The average molecular weight is 425 g/mol. The Labute approximate surface area is 167 Å². The SMILES string of the molecule is COc1ccc(NC(=O)c2cc(N3C(=O)CCS3(=O)=O)ccc2Cl)c(OC)c1. The fraction of sp³-hybridized carbons (Fsp3) is 0.222. The molecule has 0 aromatic heterocycles. The molecule has 0 bridgehead atoms. The predicted molar refractivity (Wildman–Crippen MR) is 105 cm³/mol. The van der Waals surface area contributed by atoms with Crippen LogP contribution in [0, 0.1) is 0 Å². The minimum absolute atomic E-state index is 0.0203. The summed E-state index contributed by atoms with van der Waals surface area (Å²) in [5.74, 6) is -0.478. The van der Waals surface area contributed by atoms with Gasteiger partial charge in [-0.05, 0) is 30.3 Å². The lowest BCUT2D eigenvalue weighted by Crippen LogP contribution is -2.29. The number of nitrogens with one attached hydrogen (secondary N) is 1. The summed E-state index contributed by atoms with van der Waals surface area (Å²) in [7, 11) is -0.795. The number of carbonyl (C=O) groups excluding carboxylic acids is 2. The molecule has 0 spiro atoms. The number of hydrogen-bond donors (Lipinski definition) is 1. The van der Waals surface area contributed by atoms with Crippen LogP contribution in [0.4, 0.5) is 11.4 Å². The number of rotatable bonds is 5. The van der Waals surface area contributed by atoms with E-state index < -0.39 is 21.8 Å². The van der Waals surface area contributed by atoms with Crippen molar-refractivity contribution < 1.29 is 27.5 Å². The fourth-order valence-corrected chi connectivity index (χ4v) is 4.43. The first-order valence-corrected chi connectivity index (χ1v) is 10.1. The second-order valence-corrected chi connectivity index (χ2v) is 8.25. The highest BCUT2D eigenvalue weighted by molar-refractivity contribution is 7.94.